The van der Waals surface area contributed by atoms with E-state index in [0.29, 0.717) is 9.99 Å². The van der Waals surface area contributed by atoms with Gasteiger partial charge in [-0.15, -0.1) is 0 Å². The first kappa shape index (κ1) is 19.1. The van der Waals surface area contributed by atoms with E-state index in [-0.39, 0.29) is 10.5 Å². The average Bonchev–Trinajstić information content (AvgIpc) is 2.85. The van der Waals surface area contributed by atoms with Crippen LogP contribution in [0, 0.1) is 0 Å². The van der Waals surface area contributed by atoms with E-state index in [1.165, 1.54) is 24.1 Å². The van der Waals surface area contributed by atoms with Crippen molar-refractivity contribution in [2.24, 2.45) is 0 Å². The van der Waals surface area contributed by atoms with Gasteiger partial charge in [-0.05, 0) is 42.7 Å². The number of fused-ring (bicyclic) bond motifs is 1. The zero-order valence-electron chi connectivity index (χ0n) is 15.1. The standard InChI is InChI=1S/C20H22N2O4S/c1-2-3-4-7-15-10-12-16(13-11-15)21-19(23)14-22-20(24)17-8-5-6-9-18(17)27(22,25)26/h5-6,8-13H,2-4,7,14H2,1H3,(H,21,23). The Morgan fingerprint density at radius 2 is 1.74 bits per heavy atom. The van der Waals surface area contributed by atoms with Gasteiger partial charge in [0.2, 0.25) is 5.91 Å². The lowest BCUT2D eigenvalue weighted by Crippen LogP contribution is -2.37. The normalized spacial score (nSPS) is 14.9. The van der Waals surface area contributed by atoms with Crippen LogP contribution in [0.3, 0.4) is 0 Å². The molecule has 2 aromatic carbocycles. The number of hydrogen-bond donors (Lipinski definition) is 1. The fourth-order valence-electron chi connectivity index (χ4n) is 3.05. The van der Waals surface area contributed by atoms with Crippen LogP contribution >= 0.6 is 0 Å². The van der Waals surface area contributed by atoms with Crippen LogP contribution in [0.4, 0.5) is 5.69 Å². The largest absolute Gasteiger partial charge is 0.325 e. The van der Waals surface area contributed by atoms with Crippen molar-refractivity contribution in [2.45, 2.75) is 37.5 Å². The molecule has 2 aromatic rings. The molecule has 6 nitrogen and oxygen atoms in total. The number of nitrogens with one attached hydrogen (secondary N) is 1. The summed E-state index contributed by atoms with van der Waals surface area (Å²) in [5.74, 6) is -1.23. The number of hydrogen-bond acceptors (Lipinski definition) is 4. The molecule has 1 aliphatic heterocycles. The first-order valence-electron chi connectivity index (χ1n) is 8.98. The van der Waals surface area contributed by atoms with Crippen LogP contribution in [0.25, 0.3) is 0 Å². The van der Waals surface area contributed by atoms with E-state index in [2.05, 4.69) is 12.2 Å². The Hall–Kier alpha value is -2.67. The molecule has 2 amide bonds. The third-order valence-corrected chi connectivity index (χ3v) is 6.29. The van der Waals surface area contributed by atoms with E-state index >= 15 is 0 Å². The molecular weight excluding hydrogens is 364 g/mol. The minimum atomic E-state index is -3.98. The van der Waals surface area contributed by atoms with Crippen molar-refractivity contribution < 1.29 is 18.0 Å². The second kappa shape index (κ2) is 7.92. The maximum absolute atomic E-state index is 12.5. The summed E-state index contributed by atoms with van der Waals surface area (Å²) in [4.78, 5) is 24.6. The molecular formula is C20H22N2O4S. The Bertz CT molecular complexity index is 952. The number of rotatable bonds is 7. The maximum Gasteiger partial charge on any atom is 0.269 e. The molecule has 1 aliphatic rings. The van der Waals surface area contributed by atoms with Crippen LogP contribution in [0.2, 0.25) is 0 Å². The van der Waals surface area contributed by atoms with Gasteiger partial charge in [-0.1, -0.05) is 44.0 Å². The summed E-state index contributed by atoms with van der Waals surface area (Å²) in [5.41, 5.74) is 1.86. The van der Waals surface area contributed by atoms with Crippen LogP contribution in [0.1, 0.15) is 42.1 Å². The number of carbonyl (C=O) groups is 2. The Kier molecular flexibility index (Phi) is 5.60. The van der Waals surface area contributed by atoms with Gasteiger partial charge in [-0.2, -0.15) is 0 Å². The summed E-state index contributed by atoms with van der Waals surface area (Å²) >= 11 is 0. The quantitative estimate of drug-likeness (QED) is 0.741. The molecule has 0 aromatic heterocycles. The van der Waals surface area contributed by atoms with Gasteiger partial charge in [-0.25, -0.2) is 12.7 Å². The number of sulfonamides is 1. The van der Waals surface area contributed by atoms with Crippen molar-refractivity contribution in [3.05, 3.63) is 59.7 Å². The number of unbranched alkanes of at least 4 members (excludes halogenated alkanes) is 2. The predicted octanol–water partition coefficient (Wildman–Crippen LogP) is 3.20. The number of carbonyl (C=O) groups excluding carboxylic acids is 2. The number of amides is 2. The second-order valence-corrected chi connectivity index (χ2v) is 8.35. The first-order valence-corrected chi connectivity index (χ1v) is 10.4. The van der Waals surface area contributed by atoms with Gasteiger partial charge in [0.25, 0.3) is 15.9 Å². The highest BCUT2D eigenvalue weighted by Gasteiger charge is 2.41. The maximum atomic E-state index is 12.5. The van der Waals surface area contributed by atoms with E-state index in [4.69, 9.17) is 0 Å². The van der Waals surface area contributed by atoms with E-state index in [1.807, 2.05) is 12.1 Å². The van der Waals surface area contributed by atoms with Crippen LogP contribution in [-0.2, 0) is 21.2 Å². The summed E-state index contributed by atoms with van der Waals surface area (Å²) in [6, 6.07) is 13.4. The topological polar surface area (TPSA) is 83.6 Å². The van der Waals surface area contributed by atoms with Crippen molar-refractivity contribution in [3.8, 4) is 0 Å². The van der Waals surface area contributed by atoms with Gasteiger partial charge in [0.1, 0.15) is 11.4 Å². The molecule has 1 N–H and O–H groups in total. The summed E-state index contributed by atoms with van der Waals surface area (Å²) in [7, 11) is -3.98. The number of nitrogens with zero attached hydrogens (tertiary/aromatic N) is 1. The molecule has 0 saturated heterocycles. The van der Waals surface area contributed by atoms with Crippen LogP contribution < -0.4 is 5.32 Å². The predicted molar refractivity (Wildman–Crippen MR) is 103 cm³/mol. The fourth-order valence-corrected chi connectivity index (χ4v) is 4.58. The highest BCUT2D eigenvalue weighted by molar-refractivity contribution is 7.90. The van der Waals surface area contributed by atoms with Crippen LogP contribution in [0.5, 0.6) is 0 Å². The van der Waals surface area contributed by atoms with Crippen molar-refractivity contribution in [1.29, 1.82) is 0 Å². The zero-order chi connectivity index (χ0) is 19.4. The molecule has 7 heteroatoms. The van der Waals surface area contributed by atoms with Gasteiger partial charge in [0.05, 0.1) is 5.56 Å². The Morgan fingerprint density at radius 3 is 2.41 bits per heavy atom. The molecule has 1 heterocycles. The van der Waals surface area contributed by atoms with Gasteiger partial charge < -0.3 is 5.32 Å². The summed E-state index contributed by atoms with van der Waals surface area (Å²) in [5, 5.41) is 2.65. The molecule has 0 fully saturated rings. The fraction of sp³-hybridized carbons (Fsp3) is 0.300. The summed E-state index contributed by atoms with van der Waals surface area (Å²) < 4.78 is 25.6. The Morgan fingerprint density at radius 1 is 1.04 bits per heavy atom. The molecule has 0 atom stereocenters. The molecule has 0 spiro atoms. The average molecular weight is 386 g/mol. The number of aryl methyl sites for hydroxylation is 1. The summed E-state index contributed by atoms with van der Waals surface area (Å²) in [6.07, 6.45) is 4.45. The van der Waals surface area contributed by atoms with Gasteiger partial charge in [0.15, 0.2) is 0 Å². The molecule has 0 aliphatic carbocycles. The smallest absolute Gasteiger partial charge is 0.269 e. The van der Waals surface area contributed by atoms with Crippen molar-refractivity contribution in [2.75, 3.05) is 11.9 Å². The van der Waals surface area contributed by atoms with E-state index in [0.717, 1.165) is 19.3 Å². The van der Waals surface area contributed by atoms with Crippen LogP contribution in [0.15, 0.2) is 53.4 Å². The van der Waals surface area contributed by atoms with E-state index < -0.39 is 28.4 Å². The molecule has 0 radical (unpaired) electrons. The monoisotopic (exact) mass is 386 g/mol. The van der Waals surface area contributed by atoms with Crippen molar-refractivity contribution in [3.63, 3.8) is 0 Å². The highest BCUT2D eigenvalue weighted by Crippen LogP contribution is 2.29. The Labute approximate surface area is 159 Å². The number of anilines is 1. The molecule has 0 saturated carbocycles. The van der Waals surface area contributed by atoms with Gasteiger partial charge in [-0.3, -0.25) is 9.59 Å². The number of benzene rings is 2. The van der Waals surface area contributed by atoms with Crippen molar-refractivity contribution >= 4 is 27.5 Å². The molecule has 27 heavy (non-hydrogen) atoms. The third-order valence-electron chi connectivity index (χ3n) is 4.51. The van der Waals surface area contributed by atoms with Crippen LogP contribution in [-0.4, -0.2) is 31.1 Å². The van der Waals surface area contributed by atoms with Crippen molar-refractivity contribution in [1.82, 2.24) is 4.31 Å². The van der Waals surface area contributed by atoms with Gasteiger partial charge in [0, 0.05) is 5.69 Å². The minimum Gasteiger partial charge on any atom is -0.325 e. The molecule has 0 unspecified atom stereocenters. The Balaban J connectivity index is 1.64. The third kappa shape index (κ3) is 4.03. The molecule has 3 rings (SSSR count). The highest BCUT2D eigenvalue weighted by atomic mass is 32.2. The lowest BCUT2D eigenvalue weighted by molar-refractivity contribution is -0.116. The first-order chi connectivity index (χ1) is 12.9. The SMILES string of the molecule is CCCCCc1ccc(NC(=O)CN2C(=O)c3ccccc3S2(=O)=O)cc1. The lowest BCUT2D eigenvalue weighted by Gasteiger charge is -2.15. The second-order valence-electron chi connectivity index (χ2n) is 6.52. The minimum absolute atomic E-state index is 0.0563. The van der Waals surface area contributed by atoms with E-state index in [1.54, 1.807) is 24.3 Å². The molecule has 142 valence electrons. The lowest BCUT2D eigenvalue weighted by atomic mass is 10.1. The summed E-state index contributed by atoms with van der Waals surface area (Å²) in [6.45, 7) is 1.61. The zero-order valence-corrected chi connectivity index (χ0v) is 16.0. The van der Waals surface area contributed by atoms with E-state index in [9.17, 15) is 18.0 Å². The molecule has 0 bridgehead atoms. The van der Waals surface area contributed by atoms with Gasteiger partial charge >= 0.3 is 0 Å².